The van der Waals surface area contributed by atoms with Crippen molar-refractivity contribution >= 4 is 17.4 Å². The Labute approximate surface area is 151 Å². The fourth-order valence-corrected chi connectivity index (χ4v) is 3.52. The van der Waals surface area contributed by atoms with Gasteiger partial charge in [-0.05, 0) is 31.9 Å². The van der Waals surface area contributed by atoms with Crippen LogP contribution in [0, 0.1) is 6.92 Å². The number of amides is 2. The molecule has 0 spiro atoms. The Bertz CT molecular complexity index is 713. The highest BCUT2D eigenvalue weighted by Crippen LogP contribution is 2.28. The lowest BCUT2D eigenvalue weighted by atomic mass is 10.2. The van der Waals surface area contributed by atoms with Gasteiger partial charge < -0.3 is 19.7 Å². The highest BCUT2D eigenvalue weighted by molar-refractivity contribution is 7.09. The zero-order valence-corrected chi connectivity index (χ0v) is 15.3. The fraction of sp³-hybridized carbons (Fsp3) is 0.444. The molecule has 1 N–H and O–H groups in total. The Balaban J connectivity index is 1.35. The van der Waals surface area contributed by atoms with Gasteiger partial charge in [0.05, 0.1) is 31.4 Å². The molecular weight excluding hydrogens is 338 g/mol. The van der Waals surface area contributed by atoms with Gasteiger partial charge in [0.15, 0.2) is 11.5 Å². The number of benzene rings is 1. The first kappa shape index (κ1) is 17.5. The van der Waals surface area contributed by atoms with Gasteiger partial charge in [-0.15, -0.1) is 11.3 Å². The molecule has 6 nitrogen and oxygen atoms in total. The standard InChI is InChI=1S/C18H23N3O3S/c1-13-17(25-12-20-13)8-5-9-19-18(22)21-10-14(11-21)24-16-7-4-3-6-15(16)23-2/h3-4,6-7,12,14H,5,8-11H2,1-2H3,(H,19,22). The molecule has 7 heteroatoms. The van der Waals surface area contributed by atoms with E-state index < -0.39 is 0 Å². The topological polar surface area (TPSA) is 63.7 Å². The smallest absolute Gasteiger partial charge is 0.317 e. The molecule has 0 radical (unpaired) electrons. The molecule has 1 aliphatic heterocycles. The van der Waals surface area contributed by atoms with E-state index in [2.05, 4.69) is 10.3 Å². The summed E-state index contributed by atoms with van der Waals surface area (Å²) in [5, 5.41) is 2.96. The van der Waals surface area contributed by atoms with Crippen LogP contribution in [0.3, 0.4) is 0 Å². The molecule has 3 rings (SSSR count). The number of thiazole rings is 1. The van der Waals surface area contributed by atoms with Gasteiger partial charge in [0, 0.05) is 11.4 Å². The molecule has 0 saturated carbocycles. The number of nitrogens with one attached hydrogen (secondary N) is 1. The van der Waals surface area contributed by atoms with Crippen molar-refractivity contribution in [3.8, 4) is 11.5 Å². The van der Waals surface area contributed by atoms with E-state index >= 15 is 0 Å². The van der Waals surface area contributed by atoms with Crippen LogP contribution in [-0.4, -0.2) is 48.8 Å². The number of para-hydroxylation sites is 2. The zero-order chi connectivity index (χ0) is 17.6. The molecule has 2 aromatic rings. The molecule has 25 heavy (non-hydrogen) atoms. The van der Waals surface area contributed by atoms with Crippen molar-refractivity contribution in [3.63, 3.8) is 0 Å². The van der Waals surface area contributed by atoms with Crippen molar-refractivity contribution in [2.75, 3.05) is 26.7 Å². The van der Waals surface area contributed by atoms with Crippen LogP contribution in [0.25, 0.3) is 0 Å². The summed E-state index contributed by atoms with van der Waals surface area (Å²) in [5.41, 5.74) is 2.96. The second-order valence-electron chi connectivity index (χ2n) is 5.99. The maximum absolute atomic E-state index is 12.1. The number of aryl methyl sites for hydroxylation is 2. The van der Waals surface area contributed by atoms with Crippen LogP contribution in [0.5, 0.6) is 11.5 Å². The third kappa shape index (κ3) is 4.42. The molecule has 2 amide bonds. The van der Waals surface area contributed by atoms with Gasteiger partial charge in [-0.25, -0.2) is 9.78 Å². The summed E-state index contributed by atoms with van der Waals surface area (Å²) < 4.78 is 11.2. The minimum atomic E-state index is -0.0269. The second kappa shape index (κ2) is 8.20. The van der Waals surface area contributed by atoms with Crippen LogP contribution in [0.4, 0.5) is 4.79 Å². The Morgan fingerprint density at radius 3 is 2.80 bits per heavy atom. The van der Waals surface area contributed by atoms with Gasteiger partial charge in [-0.2, -0.15) is 0 Å². The first-order valence-electron chi connectivity index (χ1n) is 8.38. The third-order valence-corrected chi connectivity index (χ3v) is 5.19. The summed E-state index contributed by atoms with van der Waals surface area (Å²) in [6.45, 7) is 3.88. The molecule has 0 bridgehead atoms. The van der Waals surface area contributed by atoms with Crippen molar-refractivity contribution < 1.29 is 14.3 Å². The summed E-state index contributed by atoms with van der Waals surface area (Å²) in [5.74, 6) is 1.43. The zero-order valence-electron chi connectivity index (χ0n) is 14.5. The average Bonchev–Trinajstić information content (AvgIpc) is 2.99. The number of ether oxygens (including phenoxy) is 2. The number of hydrogen-bond acceptors (Lipinski definition) is 5. The fourth-order valence-electron chi connectivity index (χ4n) is 2.70. The third-order valence-electron chi connectivity index (χ3n) is 4.20. The molecule has 1 fully saturated rings. The van der Waals surface area contributed by atoms with Crippen LogP contribution in [0.2, 0.25) is 0 Å². The van der Waals surface area contributed by atoms with Crippen molar-refractivity contribution in [1.29, 1.82) is 0 Å². The maximum atomic E-state index is 12.1. The lowest BCUT2D eigenvalue weighted by molar-refractivity contribution is 0.0427. The Kier molecular flexibility index (Phi) is 5.75. The number of urea groups is 1. The normalized spacial score (nSPS) is 14.1. The highest BCUT2D eigenvalue weighted by atomic mass is 32.1. The summed E-state index contributed by atoms with van der Waals surface area (Å²) in [6.07, 6.45) is 1.89. The Morgan fingerprint density at radius 1 is 1.36 bits per heavy atom. The minimum Gasteiger partial charge on any atom is -0.493 e. The van der Waals surface area contributed by atoms with Crippen molar-refractivity contribution in [2.24, 2.45) is 0 Å². The monoisotopic (exact) mass is 361 g/mol. The number of rotatable bonds is 7. The quantitative estimate of drug-likeness (QED) is 0.770. The number of carbonyl (C=O) groups excluding carboxylic acids is 1. The molecular formula is C18H23N3O3S. The van der Waals surface area contributed by atoms with Gasteiger partial charge in [0.25, 0.3) is 0 Å². The molecule has 1 saturated heterocycles. The Morgan fingerprint density at radius 2 is 2.12 bits per heavy atom. The minimum absolute atomic E-state index is 0.0156. The van der Waals surface area contributed by atoms with Gasteiger partial charge in [0.1, 0.15) is 6.10 Å². The van der Waals surface area contributed by atoms with Crippen LogP contribution in [0.15, 0.2) is 29.8 Å². The van der Waals surface area contributed by atoms with E-state index in [9.17, 15) is 4.79 Å². The largest absolute Gasteiger partial charge is 0.493 e. The molecule has 0 aliphatic carbocycles. The number of methoxy groups -OCH3 is 1. The molecule has 0 atom stereocenters. The average molecular weight is 361 g/mol. The second-order valence-corrected chi connectivity index (χ2v) is 6.93. The van der Waals surface area contributed by atoms with E-state index in [0.717, 1.165) is 24.3 Å². The summed E-state index contributed by atoms with van der Waals surface area (Å²) in [6, 6.07) is 7.53. The number of carbonyl (C=O) groups is 1. The van der Waals surface area contributed by atoms with E-state index in [1.807, 2.05) is 36.7 Å². The molecule has 0 unspecified atom stereocenters. The van der Waals surface area contributed by atoms with Crippen molar-refractivity contribution in [2.45, 2.75) is 25.9 Å². The lowest BCUT2D eigenvalue weighted by Gasteiger charge is -2.38. The predicted octanol–water partition coefficient (Wildman–Crippen LogP) is 2.87. The first-order chi connectivity index (χ1) is 12.2. The van der Waals surface area contributed by atoms with E-state index in [1.54, 1.807) is 23.3 Å². The van der Waals surface area contributed by atoms with E-state index in [1.165, 1.54) is 4.88 Å². The van der Waals surface area contributed by atoms with Crippen LogP contribution >= 0.6 is 11.3 Å². The molecule has 2 heterocycles. The van der Waals surface area contributed by atoms with Crippen molar-refractivity contribution in [1.82, 2.24) is 15.2 Å². The van der Waals surface area contributed by atoms with Gasteiger partial charge in [-0.1, -0.05) is 12.1 Å². The summed E-state index contributed by atoms with van der Waals surface area (Å²) in [4.78, 5) is 19.4. The number of aromatic nitrogens is 1. The molecule has 1 aliphatic rings. The summed E-state index contributed by atoms with van der Waals surface area (Å²) in [7, 11) is 1.62. The number of nitrogens with zero attached hydrogens (tertiary/aromatic N) is 2. The molecule has 1 aromatic heterocycles. The van der Waals surface area contributed by atoms with Crippen LogP contribution in [0.1, 0.15) is 17.0 Å². The van der Waals surface area contributed by atoms with Crippen molar-refractivity contribution in [3.05, 3.63) is 40.3 Å². The lowest BCUT2D eigenvalue weighted by Crippen LogP contribution is -2.59. The van der Waals surface area contributed by atoms with Crippen LogP contribution < -0.4 is 14.8 Å². The van der Waals surface area contributed by atoms with E-state index in [4.69, 9.17) is 9.47 Å². The number of likely N-dealkylation sites (tertiary alicyclic amines) is 1. The van der Waals surface area contributed by atoms with Gasteiger partial charge in [0.2, 0.25) is 0 Å². The van der Waals surface area contributed by atoms with Crippen LogP contribution in [-0.2, 0) is 6.42 Å². The van der Waals surface area contributed by atoms with Gasteiger partial charge >= 0.3 is 6.03 Å². The summed E-state index contributed by atoms with van der Waals surface area (Å²) >= 11 is 1.67. The SMILES string of the molecule is COc1ccccc1OC1CN(C(=O)NCCCc2scnc2C)C1. The highest BCUT2D eigenvalue weighted by Gasteiger charge is 2.32. The van der Waals surface area contributed by atoms with Gasteiger partial charge in [-0.3, -0.25) is 0 Å². The van der Waals surface area contributed by atoms with E-state index in [0.29, 0.717) is 25.4 Å². The van der Waals surface area contributed by atoms with E-state index in [-0.39, 0.29) is 12.1 Å². The molecule has 1 aromatic carbocycles. The maximum Gasteiger partial charge on any atom is 0.317 e. The Hall–Kier alpha value is -2.28. The first-order valence-corrected chi connectivity index (χ1v) is 9.26. The molecule has 134 valence electrons. The number of hydrogen-bond donors (Lipinski definition) is 1. The predicted molar refractivity (Wildman–Crippen MR) is 97.6 cm³/mol.